The van der Waals surface area contributed by atoms with E-state index in [-0.39, 0.29) is 18.5 Å². The Morgan fingerprint density at radius 3 is 2.95 bits per heavy atom. The second-order valence-electron chi connectivity index (χ2n) is 4.42. The highest BCUT2D eigenvalue weighted by atomic mass is 19.1. The molecule has 0 radical (unpaired) electrons. The number of nitrogens with one attached hydrogen (secondary N) is 1. The van der Waals surface area contributed by atoms with Crippen molar-refractivity contribution in [1.29, 1.82) is 0 Å². The number of carboxylic acids is 1. The first-order chi connectivity index (χ1) is 9.56. The molecule has 0 unspecified atom stereocenters. The Bertz CT molecular complexity index is 882. The maximum atomic E-state index is 13.3. The van der Waals surface area contributed by atoms with Crippen LogP contribution < -0.4 is 5.56 Å². The van der Waals surface area contributed by atoms with Gasteiger partial charge < -0.3 is 5.11 Å². The van der Waals surface area contributed by atoms with Gasteiger partial charge in [0.05, 0.1) is 29.4 Å². The molecule has 3 rings (SSSR count). The average molecular weight is 275 g/mol. The van der Waals surface area contributed by atoms with Gasteiger partial charge in [-0.3, -0.25) is 24.4 Å². The van der Waals surface area contributed by atoms with E-state index in [0.717, 1.165) is 0 Å². The van der Waals surface area contributed by atoms with Gasteiger partial charge in [0.1, 0.15) is 5.82 Å². The third-order valence-corrected chi connectivity index (χ3v) is 3.10. The van der Waals surface area contributed by atoms with Crippen LogP contribution in [-0.2, 0) is 11.3 Å². The average Bonchev–Trinajstić information content (AvgIpc) is 2.74. The summed E-state index contributed by atoms with van der Waals surface area (Å²) >= 11 is 0. The largest absolute Gasteiger partial charge is 0.481 e. The number of carbonyl (C=O) groups is 1. The molecule has 20 heavy (non-hydrogen) atoms. The van der Waals surface area contributed by atoms with Crippen molar-refractivity contribution in [3.05, 3.63) is 40.6 Å². The van der Waals surface area contributed by atoms with E-state index >= 15 is 0 Å². The maximum Gasteiger partial charge on any atom is 0.305 e. The molecule has 0 saturated heterocycles. The highest BCUT2D eigenvalue weighted by Gasteiger charge is 2.11. The molecule has 0 aliphatic heterocycles. The molecule has 0 saturated carbocycles. The van der Waals surface area contributed by atoms with Gasteiger partial charge in [-0.1, -0.05) is 0 Å². The first-order valence-electron chi connectivity index (χ1n) is 5.95. The summed E-state index contributed by atoms with van der Waals surface area (Å²) in [7, 11) is 0. The van der Waals surface area contributed by atoms with E-state index in [0.29, 0.717) is 21.8 Å². The van der Waals surface area contributed by atoms with Crippen LogP contribution in [0.1, 0.15) is 6.42 Å². The van der Waals surface area contributed by atoms with Gasteiger partial charge >= 0.3 is 5.97 Å². The quantitative estimate of drug-likeness (QED) is 0.758. The van der Waals surface area contributed by atoms with Crippen LogP contribution in [0.25, 0.3) is 21.8 Å². The number of rotatable bonds is 3. The van der Waals surface area contributed by atoms with Gasteiger partial charge in [-0.25, -0.2) is 4.39 Å². The van der Waals surface area contributed by atoms with Crippen molar-refractivity contribution in [3.8, 4) is 0 Å². The molecule has 2 heterocycles. The van der Waals surface area contributed by atoms with Crippen LogP contribution in [0.4, 0.5) is 4.39 Å². The van der Waals surface area contributed by atoms with Crippen molar-refractivity contribution in [2.75, 3.05) is 0 Å². The van der Waals surface area contributed by atoms with E-state index in [2.05, 4.69) is 10.1 Å². The van der Waals surface area contributed by atoms with Gasteiger partial charge in [0, 0.05) is 11.6 Å². The SMILES string of the molecule is O=C(O)CCn1[nH]c2c(cnc3ccc(F)cc32)c1=O. The Kier molecular flexibility index (Phi) is 2.74. The van der Waals surface area contributed by atoms with Crippen molar-refractivity contribution in [2.24, 2.45) is 0 Å². The molecule has 3 aromatic rings. The number of aryl methyl sites for hydroxylation is 1. The minimum atomic E-state index is -0.996. The Morgan fingerprint density at radius 2 is 2.20 bits per heavy atom. The molecule has 102 valence electrons. The fourth-order valence-corrected chi connectivity index (χ4v) is 2.14. The summed E-state index contributed by atoms with van der Waals surface area (Å²) in [5.74, 6) is -1.42. The van der Waals surface area contributed by atoms with Crippen LogP contribution in [0, 0.1) is 5.82 Å². The summed E-state index contributed by atoms with van der Waals surface area (Å²) in [4.78, 5) is 26.7. The molecule has 6 nitrogen and oxygen atoms in total. The molecule has 0 aliphatic carbocycles. The minimum Gasteiger partial charge on any atom is -0.481 e. The van der Waals surface area contributed by atoms with Crippen LogP contribution in [0.2, 0.25) is 0 Å². The molecular formula is C13H10FN3O3. The Balaban J connectivity index is 2.24. The summed E-state index contributed by atoms with van der Waals surface area (Å²) in [5.41, 5.74) is 0.662. The Hall–Kier alpha value is -2.70. The van der Waals surface area contributed by atoms with E-state index in [4.69, 9.17) is 5.11 Å². The molecule has 0 fully saturated rings. The normalized spacial score (nSPS) is 11.2. The summed E-state index contributed by atoms with van der Waals surface area (Å²) in [6.07, 6.45) is 1.23. The fourth-order valence-electron chi connectivity index (χ4n) is 2.14. The summed E-state index contributed by atoms with van der Waals surface area (Å²) in [5, 5.41) is 12.3. The number of halogens is 1. The van der Waals surface area contributed by atoms with Gasteiger partial charge in [-0.15, -0.1) is 0 Å². The number of hydrogen-bond acceptors (Lipinski definition) is 3. The summed E-state index contributed by atoms with van der Waals surface area (Å²) in [6, 6.07) is 4.11. The first kappa shape index (κ1) is 12.3. The van der Waals surface area contributed by atoms with E-state index in [1.54, 1.807) is 0 Å². The molecule has 7 heteroatoms. The van der Waals surface area contributed by atoms with Gasteiger partial charge in [0.25, 0.3) is 5.56 Å². The van der Waals surface area contributed by atoms with Crippen LogP contribution in [-0.4, -0.2) is 25.8 Å². The first-order valence-corrected chi connectivity index (χ1v) is 5.95. The highest BCUT2D eigenvalue weighted by molar-refractivity contribution is 6.02. The van der Waals surface area contributed by atoms with Crippen molar-refractivity contribution in [2.45, 2.75) is 13.0 Å². The maximum absolute atomic E-state index is 13.3. The van der Waals surface area contributed by atoms with E-state index < -0.39 is 11.8 Å². The van der Waals surface area contributed by atoms with Gasteiger partial charge in [-0.05, 0) is 18.2 Å². The lowest BCUT2D eigenvalue weighted by atomic mass is 10.2. The van der Waals surface area contributed by atoms with Crippen molar-refractivity contribution < 1.29 is 14.3 Å². The minimum absolute atomic E-state index is 0.0274. The van der Waals surface area contributed by atoms with E-state index in [9.17, 15) is 14.0 Å². The van der Waals surface area contributed by atoms with Crippen LogP contribution in [0.15, 0.2) is 29.2 Å². The predicted octanol–water partition coefficient (Wildman–Crippen LogP) is 1.49. The van der Waals surface area contributed by atoms with Crippen LogP contribution in [0.5, 0.6) is 0 Å². The predicted molar refractivity (Wildman–Crippen MR) is 70.1 cm³/mol. The van der Waals surface area contributed by atoms with Crippen LogP contribution in [0.3, 0.4) is 0 Å². The second-order valence-corrected chi connectivity index (χ2v) is 4.42. The number of fused-ring (bicyclic) bond motifs is 3. The van der Waals surface area contributed by atoms with Crippen molar-refractivity contribution >= 4 is 27.8 Å². The zero-order chi connectivity index (χ0) is 14.3. The standard InChI is InChI=1S/C13H10FN3O3/c14-7-1-2-10-8(5-7)12-9(6-15-10)13(20)17(16-12)4-3-11(18)19/h1-2,5-6,16H,3-4H2,(H,18,19). The van der Waals surface area contributed by atoms with E-state index in [1.165, 1.54) is 29.1 Å². The topological polar surface area (TPSA) is 88.0 Å². The Labute approximate surface area is 111 Å². The molecule has 0 aliphatic rings. The van der Waals surface area contributed by atoms with Crippen molar-refractivity contribution in [3.63, 3.8) is 0 Å². The van der Waals surface area contributed by atoms with Gasteiger partial charge in [-0.2, -0.15) is 0 Å². The number of aromatic nitrogens is 3. The smallest absolute Gasteiger partial charge is 0.305 e. The van der Waals surface area contributed by atoms with Crippen LogP contribution >= 0.6 is 0 Å². The molecule has 1 aromatic carbocycles. The number of aliphatic carboxylic acids is 1. The molecular weight excluding hydrogens is 265 g/mol. The van der Waals surface area contributed by atoms with Gasteiger partial charge in [0.15, 0.2) is 0 Å². The lowest BCUT2D eigenvalue weighted by Crippen LogP contribution is -2.18. The number of nitrogens with zero attached hydrogens (tertiary/aromatic N) is 2. The third kappa shape index (κ3) is 1.93. The number of aromatic amines is 1. The molecule has 0 spiro atoms. The zero-order valence-electron chi connectivity index (χ0n) is 10.3. The van der Waals surface area contributed by atoms with E-state index in [1.807, 2.05) is 0 Å². The fraction of sp³-hybridized carbons (Fsp3) is 0.154. The molecule has 2 N–H and O–H groups in total. The number of hydrogen-bond donors (Lipinski definition) is 2. The van der Waals surface area contributed by atoms with Crippen molar-refractivity contribution in [1.82, 2.24) is 14.8 Å². The lowest BCUT2D eigenvalue weighted by Gasteiger charge is -1.99. The molecule has 0 atom stereocenters. The van der Waals surface area contributed by atoms with Gasteiger partial charge in [0.2, 0.25) is 0 Å². The number of pyridine rings is 1. The Morgan fingerprint density at radius 1 is 1.40 bits per heavy atom. The number of H-pyrrole nitrogens is 1. The highest BCUT2D eigenvalue weighted by Crippen LogP contribution is 2.20. The number of carboxylic acid groups (broad SMARTS) is 1. The number of benzene rings is 1. The summed E-state index contributed by atoms with van der Waals surface area (Å²) in [6.45, 7) is 0.0274. The molecule has 2 aromatic heterocycles. The molecule has 0 bridgehead atoms. The third-order valence-electron chi connectivity index (χ3n) is 3.10. The monoisotopic (exact) mass is 275 g/mol. The molecule has 0 amide bonds. The second kappa shape index (κ2) is 4.44. The zero-order valence-corrected chi connectivity index (χ0v) is 10.3. The summed E-state index contributed by atoms with van der Waals surface area (Å²) < 4.78 is 14.5. The lowest BCUT2D eigenvalue weighted by molar-refractivity contribution is -0.137.